The van der Waals surface area contributed by atoms with Crippen LogP contribution in [0, 0.1) is 0 Å². The molecule has 0 unspecified atom stereocenters. The number of fused-ring (bicyclic) bond motifs is 1. The van der Waals surface area contributed by atoms with Gasteiger partial charge in [-0.3, -0.25) is 4.90 Å². The van der Waals surface area contributed by atoms with Crippen LogP contribution in [0.15, 0.2) is 24.4 Å². The monoisotopic (exact) mass is 245 g/mol. The summed E-state index contributed by atoms with van der Waals surface area (Å²) >= 11 is 0. The Hall–Kier alpha value is -1.36. The van der Waals surface area contributed by atoms with Gasteiger partial charge < -0.3 is 15.4 Å². The summed E-state index contributed by atoms with van der Waals surface area (Å²) in [5.74, 6) is 0. The zero-order chi connectivity index (χ0) is 12.4. The summed E-state index contributed by atoms with van der Waals surface area (Å²) in [7, 11) is 0. The fraction of sp³-hybridized carbons (Fsp3) is 0.429. The largest absolute Gasteiger partial charge is 0.392 e. The van der Waals surface area contributed by atoms with Crippen LogP contribution in [-0.2, 0) is 13.2 Å². The van der Waals surface area contributed by atoms with Crippen molar-refractivity contribution in [3.8, 4) is 0 Å². The molecule has 0 atom stereocenters. The molecule has 1 saturated heterocycles. The van der Waals surface area contributed by atoms with Gasteiger partial charge in [0.05, 0.1) is 6.61 Å². The first-order valence-corrected chi connectivity index (χ1v) is 6.49. The van der Waals surface area contributed by atoms with Crippen LogP contribution in [0.3, 0.4) is 0 Å². The van der Waals surface area contributed by atoms with Crippen molar-refractivity contribution in [1.82, 2.24) is 15.2 Å². The van der Waals surface area contributed by atoms with Gasteiger partial charge in [0.15, 0.2) is 0 Å². The number of nitrogens with zero attached hydrogens (tertiary/aromatic N) is 1. The SMILES string of the molecule is OCc1ccc2c(CN3CCNCC3)c[nH]c2c1. The summed E-state index contributed by atoms with van der Waals surface area (Å²) in [4.78, 5) is 5.77. The normalized spacial score (nSPS) is 17.4. The van der Waals surface area contributed by atoms with Crippen LogP contribution in [0.25, 0.3) is 10.9 Å². The second kappa shape index (κ2) is 5.10. The Morgan fingerprint density at radius 2 is 2.06 bits per heavy atom. The fourth-order valence-corrected chi connectivity index (χ4v) is 2.57. The van der Waals surface area contributed by atoms with E-state index in [2.05, 4.69) is 27.5 Å². The van der Waals surface area contributed by atoms with Gasteiger partial charge in [-0.2, -0.15) is 0 Å². The Labute approximate surface area is 107 Å². The maximum atomic E-state index is 9.14. The molecule has 1 aromatic heterocycles. The van der Waals surface area contributed by atoms with Crippen molar-refractivity contribution >= 4 is 10.9 Å². The summed E-state index contributed by atoms with van der Waals surface area (Å²) < 4.78 is 0. The number of nitrogens with one attached hydrogen (secondary N) is 2. The quantitative estimate of drug-likeness (QED) is 0.758. The number of aliphatic hydroxyl groups is 1. The van der Waals surface area contributed by atoms with Gasteiger partial charge >= 0.3 is 0 Å². The molecule has 18 heavy (non-hydrogen) atoms. The van der Waals surface area contributed by atoms with Crippen LogP contribution < -0.4 is 5.32 Å². The third kappa shape index (κ3) is 2.27. The Morgan fingerprint density at radius 3 is 2.83 bits per heavy atom. The van der Waals surface area contributed by atoms with Crippen molar-refractivity contribution in [1.29, 1.82) is 0 Å². The Kier molecular flexibility index (Phi) is 3.32. The smallest absolute Gasteiger partial charge is 0.0682 e. The molecule has 96 valence electrons. The van der Waals surface area contributed by atoms with Gasteiger partial charge in [-0.1, -0.05) is 12.1 Å². The molecular weight excluding hydrogens is 226 g/mol. The highest BCUT2D eigenvalue weighted by Gasteiger charge is 2.12. The highest BCUT2D eigenvalue weighted by atomic mass is 16.3. The van der Waals surface area contributed by atoms with Gasteiger partial charge in [0.25, 0.3) is 0 Å². The fourth-order valence-electron chi connectivity index (χ4n) is 2.57. The number of hydrogen-bond donors (Lipinski definition) is 3. The van der Waals surface area contributed by atoms with E-state index in [1.807, 2.05) is 12.1 Å². The highest BCUT2D eigenvalue weighted by Crippen LogP contribution is 2.21. The Balaban J connectivity index is 1.83. The van der Waals surface area contributed by atoms with Crippen LogP contribution in [0.5, 0.6) is 0 Å². The van der Waals surface area contributed by atoms with Gasteiger partial charge in [-0.05, 0) is 17.2 Å². The maximum Gasteiger partial charge on any atom is 0.0682 e. The molecule has 0 saturated carbocycles. The molecule has 1 fully saturated rings. The molecule has 2 aromatic rings. The van der Waals surface area contributed by atoms with Crippen LogP contribution in [0.1, 0.15) is 11.1 Å². The first kappa shape index (κ1) is 11.7. The third-order valence-corrected chi connectivity index (χ3v) is 3.62. The Morgan fingerprint density at radius 1 is 1.22 bits per heavy atom. The minimum atomic E-state index is 0.0993. The molecule has 0 bridgehead atoms. The first-order valence-electron chi connectivity index (χ1n) is 6.49. The van der Waals surface area contributed by atoms with Crippen molar-refractivity contribution < 1.29 is 5.11 Å². The van der Waals surface area contributed by atoms with Gasteiger partial charge in [0, 0.05) is 49.8 Å². The molecule has 1 aromatic carbocycles. The molecule has 4 nitrogen and oxygen atoms in total. The van der Waals surface area contributed by atoms with Crippen molar-refractivity contribution in [3.63, 3.8) is 0 Å². The lowest BCUT2D eigenvalue weighted by atomic mass is 10.1. The number of H-pyrrole nitrogens is 1. The molecule has 4 heteroatoms. The summed E-state index contributed by atoms with van der Waals surface area (Å²) in [6, 6.07) is 6.13. The van der Waals surface area contributed by atoms with Gasteiger partial charge in [0.2, 0.25) is 0 Å². The van der Waals surface area contributed by atoms with E-state index in [1.165, 1.54) is 10.9 Å². The summed E-state index contributed by atoms with van der Waals surface area (Å²) in [5.41, 5.74) is 3.42. The van der Waals surface area contributed by atoms with Crippen LogP contribution >= 0.6 is 0 Å². The van der Waals surface area contributed by atoms with E-state index in [4.69, 9.17) is 5.11 Å². The molecule has 0 amide bonds. The van der Waals surface area contributed by atoms with Crippen molar-refractivity contribution in [2.45, 2.75) is 13.2 Å². The summed E-state index contributed by atoms with van der Waals surface area (Å²) in [5, 5.41) is 13.8. The zero-order valence-corrected chi connectivity index (χ0v) is 10.4. The molecule has 0 aliphatic carbocycles. The van der Waals surface area contributed by atoms with Crippen LogP contribution in [-0.4, -0.2) is 41.2 Å². The van der Waals surface area contributed by atoms with Crippen LogP contribution in [0.2, 0.25) is 0 Å². The summed E-state index contributed by atoms with van der Waals surface area (Å²) in [6.07, 6.45) is 2.09. The molecule has 1 aliphatic rings. The maximum absolute atomic E-state index is 9.14. The molecule has 0 spiro atoms. The lowest BCUT2D eigenvalue weighted by molar-refractivity contribution is 0.234. The van der Waals surface area contributed by atoms with Crippen molar-refractivity contribution in [2.24, 2.45) is 0 Å². The number of piperazine rings is 1. The van der Waals surface area contributed by atoms with E-state index < -0.39 is 0 Å². The predicted molar refractivity (Wildman–Crippen MR) is 72.4 cm³/mol. The van der Waals surface area contributed by atoms with Gasteiger partial charge in [-0.25, -0.2) is 0 Å². The van der Waals surface area contributed by atoms with Crippen LogP contribution in [0.4, 0.5) is 0 Å². The minimum absolute atomic E-state index is 0.0993. The number of aromatic nitrogens is 1. The number of hydrogen-bond acceptors (Lipinski definition) is 3. The topological polar surface area (TPSA) is 51.3 Å². The zero-order valence-electron chi connectivity index (χ0n) is 10.4. The average molecular weight is 245 g/mol. The highest BCUT2D eigenvalue weighted by molar-refractivity contribution is 5.83. The Bertz CT molecular complexity index is 529. The van der Waals surface area contributed by atoms with E-state index in [1.54, 1.807) is 0 Å². The van der Waals surface area contributed by atoms with E-state index >= 15 is 0 Å². The lowest BCUT2D eigenvalue weighted by Gasteiger charge is -2.26. The molecule has 3 N–H and O–H groups in total. The standard InChI is InChI=1S/C14H19N3O/c18-10-11-1-2-13-12(8-16-14(13)7-11)9-17-5-3-15-4-6-17/h1-2,7-8,15-16,18H,3-6,9-10H2. The van der Waals surface area contributed by atoms with Crippen molar-refractivity contribution in [3.05, 3.63) is 35.5 Å². The number of rotatable bonds is 3. The lowest BCUT2D eigenvalue weighted by Crippen LogP contribution is -2.42. The van der Waals surface area contributed by atoms with E-state index in [9.17, 15) is 0 Å². The predicted octanol–water partition coefficient (Wildman–Crippen LogP) is 1.07. The third-order valence-electron chi connectivity index (χ3n) is 3.62. The van der Waals surface area contributed by atoms with Gasteiger partial charge in [0.1, 0.15) is 0 Å². The second-order valence-corrected chi connectivity index (χ2v) is 4.88. The molecular formula is C14H19N3O. The number of aromatic amines is 1. The van der Waals surface area contributed by atoms with E-state index in [0.29, 0.717) is 0 Å². The minimum Gasteiger partial charge on any atom is -0.392 e. The average Bonchev–Trinajstić information content (AvgIpc) is 2.82. The molecule has 1 aliphatic heterocycles. The first-order chi connectivity index (χ1) is 8.86. The molecule has 2 heterocycles. The van der Waals surface area contributed by atoms with Crippen molar-refractivity contribution in [2.75, 3.05) is 26.2 Å². The second-order valence-electron chi connectivity index (χ2n) is 4.88. The molecule has 3 rings (SSSR count). The number of benzene rings is 1. The van der Waals surface area contributed by atoms with Gasteiger partial charge in [-0.15, -0.1) is 0 Å². The number of aliphatic hydroxyl groups excluding tert-OH is 1. The van der Waals surface area contributed by atoms with E-state index in [-0.39, 0.29) is 6.61 Å². The summed E-state index contributed by atoms with van der Waals surface area (Å²) in [6.45, 7) is 5.49. The molecule has 0 radical (unpaired) electrons. The van der Waals surface area contributed by atoms with E-state index in [0.717, 1.165) is 43.8 Å².